The van der Waals surface area contributed by atoms with Gasteiger partial charge in [-0.2, -0.15) is 11.8 Å². The standard InChI is InChI=1S/C17H15Cl2NO3S/c18-13-2-1-3-14(19)12(13)9-24-7-6-17(21)20-11-4-5-15-16(8-11)23-10-22-15/h1-5,8H,6-7,9-10H2,(H,20,21). The molecule has 3 rings (SSSR count). The molecule has 0 aliphatic carbocycles. The Labute approximate surface area is 154 Å². The summed E-state index contributed by atoms with van der Waals surface area (Å²) in [7, 11) is 0. The van der Waals surface area contributed by atoms with Gasteiger partial charge in [-0.15, -0.1) is 0 Å². The van der Waals surface area contributed by atoms with Crippen molar-refractivity contribution in [2.24, 2.45) is 0 Å². The molecule has 1 aliphatic rings. The summed E-state index contributed by atoms with van der Waals surface area (Å²) in [5, 5.41) is 4.16. The van der Waals surface area contributed by atoms with E-state index in [0.29, 0.717) is 45.2 Å². The number of ether oxygens (including phenoxy) is 2. The topological polar surface area (TPSA) is 47.6 Å². The Bertz CT molecular complexity index is 734. The highest BCUT2D eigenvalue weighted by molar-refractivity contribution is 7.98. The molecule has 7 heteroatoms. The van der Waals surface area contributed by atoms with Crippen LogP contribution in [0, 0.1) is 0 Å². The number of rotatable bonds is 6. The van der Waals surface area contributed by atoms with Gasteiger partial charge in [-0.25, -0.2) is 0 Å². The lowest BCUT2D eigenvalue weighted by atomic mass is 10.2. The number of halogens is 2. The molecule has 0 fully saturated rings. The van der Waals surface area contributed by atoms with E-state index < -0.39 is 0 Å². The van der Waals surface area contributed by atoms with Gasteiger partial charge in [0.05, 0.1) is 0 Å². The summed E-state index contributed by atoms with van der Waals surface area (Å²) in [5.41, 5.74) is 1.60. The molecule has 2 aromatic carbocycles. The minimum atomic E-state index is -0.0494. The minimum Gasteiger partial charge on any atom is -0.454 e. The quantitative estimate of drug-likeness (QED) is 0.714. The highest BCUT2D eigenvalue weighted by atomic mass is 35.5. The van der Waals surface area contributed by atoms with E-state index in [1.165, 1.54) is 0 Å². The predicted molar refractivity (Wildman–Crippen MR) is 98.4 cm³/mol. The van der Waals surface area contributed by atoms with Gasteiger partial charge >= 0.3 is 0 Å². The molecule has 0 saturated heterocycles. The first-order valence-corrected chi connectivity index (χ1v) is 9.24. The number of carbonyl (C=O) groups is 1. The molecule has 0 atom stereocenters. The second-order valence-electron chi connectivity index (χ2n) is 5.12. The predicted octanol–water partition coefficient (Wildman–Crippen LogP) is 4.98. The van der Waals surface area contributed by atoms with Crippen molar-refractivity contribution < 1.29 is 14.3 Å². The molecule has 126 valence electrons. The van der Waals surface area contributed by atoms with Gasteiger partial charge in [0.15, 0.2) is 11.5 Å². The summed E-state index contributed by atoms with van der Waals surface area (Å²) in [6.45, 7) is 0.216. The summed E-state index contributed by atoms with van der Waals surface area (Å²) in [4.78, 5) is 12.0. The SMILES string of the molecule is O=C(CCSCc1c(Cl)cccc1Cl)Nc1ccc2c(c1)OCO2. The average molecular weight is 384 g/mol. The van der Waals surface area contributed by atoms with Gasteiger partial charge in [-0.1, -0.05) is 29.3 Å². The number of hydrogen-bond donors (Lipinski definition) is 1. The van der Waals surface area contributed by atoms with Crippen LogP contribution < -0.4 is 14.8 Å². The fourth-order valence-electron chi connectivity index (χ4n) is 2.21. The van der Waals surface area contributed by atoms with Gasteiger partial charge in [-0.05, 0) is 29.8 Å². The van der Waals surface area contributed by atoms with E-state index >= 15 is 0 Å². The molecule has 0 bridgehead atoms. The third kappa shape index (κ3) is 4.29. The number of anilines is 1. The zero-order valence-corrected chi connectivity index (χ0v) is 15.0. The normalized spacial score (nSPS) is 12.2. The molecule has 0 radical (unpaired) electrons. The molecule has 24 heavy (non-hydrogen) atoms. The smallest absolute Gasteiger partial charge is 0.231 e. The van der Waals surface area contributed by atoms with Crippen molar-refractivity contribution in [3.8, 4) is 11.5 Å². The van der Waals surface area contributed by atoms with Crippen molar-refractivity contribution in [2.75, 3.05) is 17.9 Å². The Morgan fingerprint density at radius 1 is 1.12 bits per heavy atom. The maximum atomic E-state index is 12.0. The van der Waals surface area contributed by atoms with Crippen molar-refractivity contribution in [3.63, 3.8) is 0 Å². The molecule has 1 N–H and O–H groups in total. The molecular formula is C17H15Cl2NO3S. The lowest BCUT2D eigenvalue weighted by Crippen LogP contribution is -2.12. The third-order valence-electron chi connectivity index (χ3n) is 3.44. The molecule has 0 spiro atoms. The van der Waals surface area contributed by atoms with Crippen LogP contribution in [-0.4, -0.2) is 18.5 Å². The molecular weight excluding hydrogens is 369 g/mol. The van der Waals surface area contributed by atoms with Crippen LogP contribution in [0.25, 0.3) is 0 Å². The van der Waals surface area contributed by atoms with E-state index in [-0.39, 0.29) is 12.7 Å². The summed E-state index contributed by atoms with van der Waals surface area (Å²) >= 11 is 13.9. The Morgan fingerprint density at radius 3 is 2.67 bits per heavy atom. The fourth-order valence-corrected chi connectivity index (χ4v) is 3.89. The van der Waals surface area contributed by atoms with Gasteiger partial charge in [0, 0.05) is 39.7 Å². The summed E-state index contributed by atoms with van der Waals surface area (Å²) in [5.74, 6) is 2.65. The van der Waals surface area contributed by atoms with E-state index in [1.807, 2.05) is 18.2 Å². The van der Waals surface area contributed by atoms with Crippen LogP contribution in [0.5, 0.6) is 11.5 Å². The first kappa shape index (κ1) is 17.3. The second kappa shape index (κ2) is 8.01. The number of benzene rings is 2. The van der Waals surface area contributed by atoms with E-state index in [4.69, 9.17) is 32.7 Å². The van der Waals surface area contributed by atoms with Gasteiger partial charge in [0.2, 0.25) is 12.7 Å². The third-order valence-corrected chi connectivity index (χ3v) is 5.13. The van der Waals surface area contributed by atoms with Crippen LogP contribution in [0.15, 0.2) is 36.4 Å². The number of carbonyl (C=O) groups excluding carboxylic acids is 1. The van der Waals surface area contributed by atoms with Crippen molar-refractivity contribution >= 4 is 46.6 Å². The Hall–Kier alpha value is -1.56. The lowest BCUT2D eigenvalue weighted by molar-refractivity contribution is -0.115. The molecule has 1 amide bonds. The Balaban J connectivity index is 1.44. The van der Waals surface area contributed by atoms with Crippen LogP contribution in [0.1, 0.15) is 12.0 Å². The van der Waals surface area contributed by atoms with Gasteiger partial charge < -0.3 is 14.8 Å². The zero-order chi connectivity index (χ0) is 16.9. The van der Waals surface area contributed by atoms with Crippen LogP contribution >= 0.6 is 35.0 Å². The largest absolute Gasteiger partial charge is 0.454 e. The maximum Gasteiger partial charge on any atom is 0.231 e. The van der Waals surface area contributed by atoms with Gasteiger partial charge in [-0.3, -0.25) is 4.79 Å². The first-order chi connectivity index (χ1) is 11.6. The monoisotopic (exact) mass is 383 g/mol. The molecule has 1 heterocycles. The Morgan fingerprint density at radius 2 is 1.88 bits per heavy atom. The zero-order valence-electron chi connectivity index (χ0n) is 12.7. The lowest BCUT2D eigenvalue weighted by Gasteiger charge is -2.08. The summed E-state index contributed by atoms with van der Waals surface area (Å²) in [6.07, 6.45) is 0.404. The molecule has 2 aromatic rings. The Kier molecular flexibility index (Phi) is 5.76. The number of thioether (sulfide) groups is 1. The van der Waals surface area contributed by atoms with Crippen molar-refractivity contribution in [3.05, 3.63) is 52.0 Å². The summed E-state index contributed by atoms with van der Waals surface area (Å²) in [6, 6.07) is 10.8. The van der Waals surface area contributed by atoms with Crippen molar-refractivity contribution in [1.29, 1.82) is 0 Å². The molecule has 4 nitrogen and oxygen atoms in total. The molecule has 0 aromatic heterocycles. The number of nitrogens with one attached hydrogen (secondary N) is 1. The minimum absolute atomic E-state index is 0.0494. The second-order valence-corrected chi connectivity index (χ2v) is 7.04. The number of amides is 1. The van der Waals surface area contributed by atoms with Crippen LogP contribution in [0.3, 0.4) is 0 Å². The highest BCUT2D eigenvalue weighted by Gasteiger charge is 2.14. The number of hydrogen-bond acceptors (Lipinski definition) is 4. The molecule has 1 aliphatic heterocycles. The van der Waals surface area contributed by atoms with Crippen molar-refractivity contribution in [2.45, 2.75) is 12.2 Å². The van der Waals surface area contributed by atoms with Gasteiger partial charge in [0.25, 0.3) is 0 Å². The van der Waals surface area contributed by atoms with E-state index in [1.54, 1.807) is 30.0 Å². The van der Waals surface area contributed by atoms with Gasteiger partial charge in [0.1, 0.15) is 0 Å². The van der Waals surface area contributed by atoms with Crippen LogP contribution in [0.2, 0.25) is 10.0 Å². The van der Waals surface area contributed by atoms with Crippen LogP contribution in [-0.2, 0) is 10.5 Å². The molecule has 0 unspecified atom stereocenters. The van der Waals surface area contributed by atoms with Crippen molar-refractivity contribution in [1.82, 2.24) is 0 Å². The van der Waals surface area contributed by atoms with Crippen LogP contribution in [0.4, 0.5) is 5.69 Å². The van der Waals surface area contributed by atoms with E-state index in [0.717, 1.165) is 5.56 Å². The highest BCUT2D eigenvalue weighted by Crippen LogP contribution is 2.34. The maximum absolute atomic E-state index is 12.0. The fraction of sp³-hybridized carbons (Fsp3) is 0.235. The van der Waals surface area contributed by atoms with E-state index in [2.05, 4.69) is 5.32 Å². The van der Waals surface area contributed by atoms with E-state index in [9.17, 15) is 4.79 Å². The average Bonchev–Trinajstić information content (AvgIpc) is 3.01. The number of fused-ring (bicyclic) bond motifs is 1. The first-order valence-electron chi connectivity index (χ1n) is 7.33. The molecule has 0 saturated carbocycles. The summed E-state index contributed by atoms with van der Waals surface area (Å²) < 4.78 is 10.5.